The summed E-state index contributed by atoms with van der Waals surface area (Å²) >= 11 is 0. The Kier molecular flexibility index (Phi) is 9.70. The molecule has 2 N–H and O–H groups in total. The topological polar surface area (TPSA) is 38.7 Å². The fourth-order valence-electron chi connectivity index (χ4n) is 0.462. The molecule has 0 aliphatic heterocycles. The fourth-order valence-corrected chi connectivity index (χ4v) is 0.462. The number of aliphatic hydroxyl groups is 1. The molecule has 70 valence electrons. The van der Waals surface area contributed by atoms with Crippen molar-refractivity contribution in [3.05, 3.63) is 0 Å². The third-order valence-corrected chi connectivity index (χ3v) is 0.924. The van der Waals surface area contributed by atoms with Gasteiger partial charge in [-0.3, -0.25) is 9.80 Å². The summed E-state index contributed by atoms with van der Waals surface area (Å²) in [5.74, 6) is 0. The van der Waals surface area contributed by atoms with Gasteiger partial charge in [0.15, 0.2) is 6.35 Å². The van der Waals surface area contributed by atoms with Crippen molar-refractivity contribution in [3.63, 3.8) is 0 Å². The van der Waals surface area contributed by atoms with Gasteiger partial charge in [0.1, 0.15) is 0 Å². The van der Waals surface area contributed by atoms with E-state index in [4.69, 9.17) is 5.11 Å². The highest BCUT2D eigenvalue weighted by molar-refractivity contribution is 4.44. The molecule has 4 nitrogen and oxygen atoms in total. The number of rotatable bonds is 2. The van der Waals surface area contributed by atoms with Crippen LogP contribution < -0.4 is 5.32 Å². The highest BCUT2D eigenvalue weighted by atomic mass is 16.3. The van der Waals surface area contributed by atoms with Crippen LogP contribution in [0.15, 0.2) is 0 Å². The Hall–Kier alpha value is -0.160. The van der Waals surface area contributed by atoms with Gasteiger partial charge in [-0.05, 0) is 42.3 Å². The van der Waals surface area contributed by atoms with Gasteiger partial charge in [0.2, 0.25) is 0 Å². The normalized spacial score (nSPS) is 10.4. The van der Waals surface area contributed by atoms with Gasteiger partial charge in [-0.1, -0.05) is 0 Å². The van der Waals surface area contributed by atoms with E-state index in [-0.39, 0.29) is 0 Å². The largest absolute Gasteiger partial charge is 0.365 e. The van der Waals surface area contributed by atoms with E-state index in [9.17, 15) is 0 Å². The molecule has 0 aromatic rings. The zero-order valence-corrected chi connectivity index (χ0v) is 8.42. The number of aliphatic hydroxyl groups excluding tert-OH is 1. The first-order valence-electron chi connectivity index (χ1n) is 3.56. The Morgan fingerprint density at radius 2 is 1.18 bits per heavy atom. The van der Waals surface area contributed by atoms with Crippen LogP contribution in [0.1, 0.15) is 0 Å². The van der Waals surface area contributed by atoms with Crippen molar-refractivity contribution in [2.45, 2.75) is 6.35 Å². The number of hydrogen-bond donors (Lipinski definition) is 2. The van der Waals surface area contributed by atoms with Crippen molar-refractivity contribution < 1.29 is 5.11 Å². The van der Waals surface area contributed by atoms with E-state index < -0.39 is 6.35 Å². The first-order chi connectivity index (χ1) is 4.97. The van der Waals surface area contributed by atoms with Crippen molar-refractivity contribution in [1.29, 1.82) is 0 Å². The monoisotopic (exact) mass is 163 g/mol. The summed E-state index contributed by atoms with van der Waals surface area (Å²) in [7, 11) is 11.0. The van der Waals surface area contributed by atoms with Gasteiger partial charge in [-0.2, -0.15) is 0 Å². The highest BCUT2D eigenvalue weighted by Gasteiger charge is 2.06. The SMILES string of the molecule is CN(C)C(O)N(C)C.CNC. The maximum Gasteiger partial charge on any atom is 0.164 e. The van der Waals surface area contributed by atoms with Crippen LogP contribution in [0.25, 0.3) is 0 Å². The molecule has 0 aliphatic rings. The molecule has 11 heavy (non-hydrogen) atoms. The summed E-state index contributed by atoms with van der Waals surface area (Å²) in [6.45, 7) is 0. The van der Waals surface area contributed by atoms with Crippen LogP contribution in [0.4, 0.5) is 0 Å². The van der Waals surface area contributed by atoms with Crippen LogP contribution in [0, 0.1) is 0 Å². The zero-order chi connectivity index (χ0) is 9.44. The number of nitrogens with one attached hydrogen (secondary N) is 1. The molecule has 0 bridgehead atoms. The average molecular weight is 163 g/mol. The molecular weight excluding hydrogens is 142 g/mol. The quantitative estimate of drug-likeness (QED) is 0.524. The molecule has 0 amide bonds. The number of nitrogens with zero attached hydrogens (tertiary/aromatic N) is 2. The van der Waals surface area contributed by atoms with Crippen molar-refractivity contribution >= 4 is 0 Å². The molecule has 0 aromatic carbocycles. The fraction of sp³-hybridized carbons (Fsp3) is 1.00. The van der Waals surface area contributed by atoms with Crippen molar-refractivity contribution in [1.82, 2.24) is 15.1 Å². The first-order valence-corrected chi connectivity index (χ1v) is 3.56. The third kappa shape index (κ3) is 9.84. The Morgan fingerprint density at radius 1 is 1.00 bits per heavy atom. The Labute approximate surface area is 69.8 Å². The molecule has 4 heteroatoms. The van der Waals surface area contributed by atoms with Gasteiger partial charge in [0.25, 0.3) is 0 Å². The van der Waals surface area contributed by atoms with Gasteiger partial charge in [-0.25, -0.2) is 0 Å². The van der Waals surface area contributed by atoms with Crippen LogP contribution in [-0.2, 0) is 0 Å². The molecule has 0 saturated heterocycles. The van der Waals surface area contributed by atoms with E-state index >= 15 is 0 Å². The van der Waals surface area contributed by atoms with Gasteiger partial charge in [0, 0.05) is 0 Å². The standard InChI is InChI=1S/C5H14N2O.C2H7N/c1-6(2)5(8)7(3)4;1-3-2/h5,8H,1-4H3;3H,1-2H3. The lowest BCUT2D eigenvalue weighted by atomic mass is 10.7. The average Bonchev–Trinajstić information content (AvgIpc) is 1.87. The Bertz CT molecular complexity index is 68.1. The van der Waals surface area contributed by atoms with Gasteiger partial charge < -0.3 is 10.4 Å². The molecule has 0 rings (SSSR count). The second kappa shape index (κ2) is 7.94. The van der Waals surface area contributed by atoms with E-state index in [1.54, 1.807) is 9.80 Å². The van der Waals surface area contributed by atoms with Crippen LogP contribution in [-0.4, -0.2) is 63.5 Å². The van der Waals surface area contributed by atoms with Crippen LogP contribution in [0.3, 0.4) is 0 Å². The number of hydrogen-bond acceptors (Lipinski definition) is 4. The van der Waals surface area contributed by atoms with Gasteiger partial charge >= 0.3 is 0 Å². The molecular formula is C7H21N3O. The first kappa shape index (κ1) is 13.4. The van der Waals surface area contributed by atoms with E-state index in [1.807, 2.05) is 42.3 Å². The molecule has 0 aliphatic carbocycles. The molecule has 0 saturated carbocycles. The van der Waals surface area contributed by atoms with Gasteiger partial charge in [-0.15, -0.1) is 0 Å². The third-order valence-electron chi connectivity index (χ3n) is 0.924. The Morgan fingerprint density at radius 3 is 1.18 bits per heavy atom. The minimum absolute atomic E-state index is 0.463. The molecule has 0 spiro atoms. The lowest BCUT2D eigenvalue weighted by Gasteiger charge is -2.24. The van der Waals surface area contributed by atoms with E-state index in [0.29, 0.717) is 0 Å². The van der Waals surface area contributed by atoms with E-state index in [0.717, 1.165) is 0 Å². The summed E-state index contributed by atoms with van der Waals surface area (Å²) in [5.41, 5.74) is 0. The molecule has 0 fully saturated rings. The maximum atomic E-state index is 9.06. The lowest BCUT2D eigenvalue weighted by Crippen LogP contribution is -2.39. The smallest absolute Gasteiger partial charge is 0.164 e. The van der Waals surface area contributed by atoms with Crippen molar-refractivity contribution in [2.75, 3.05) is 42.3 Å². The molecule has 0 heterocycles. The van der Waals surface area contributed by atoms with E-state index in [1.165, 1.54) is 0 Å². The molecule has 0 aromatic heterocycles. The molecule has 0 atom stereocenters. The van der Waals surface area contributed by atoms with Crippen molar-refractivity contribution in [2.24, 2.45) is 0 Å². The maximum absolute atomic E-state index is 9.06. The minimum Gasteiger partial charge on any atom is -0.365 e. The Balaban J connectivity index is 0. The second-order valence-corrected chi connectivity index (χ2v) is 2.77. The van der Waals surface area contributed by atoms with Crippen LogP contribution >= 0.6 is 0 Å². The summed E-state index contributed by atoms with van der Waals surface area (Å²) in [5, 5.41) is 11.8. The van der Waals surface area contributed by atoms with E-state index in [2.05, 4.69) is 5.32 Å². The summed E-state index contributed by atoms with van der Waals surface area (Å²) in [4.78, 5) is 3.44. The lowest BCUT2D eigenvalue weighted by molar-refractivity contribution is -0.0650. The summed E-state index contributed by atoms with van der Waals surface area (Å²) in [6.07, 6.45) is -0.463. The molecule has 0 unspecified atom stereocenters. The highest BCUT2D eigenvalue weighted by Crippen LogP contribution is 1.88. The predicted molar refractivity (Wildman–Crippen MR) is 48.4 cm³/mol. The predicted octanol–water partition coefficient (Wildman–Crippen LogP) is -0.779. The second-order valence-electron chi connectivity index (χ2n) is 2.77. The van der Waals surface area contributed by atoms with Crippen molar-refractivity contribution in [3.8, 4) is 0 Å². The van der Waals surface area contributed by atoms with Gasteiger partial charge in [0.05, 0.1) is 0 Å². The summed E-state index contributed by atoms with van der Waals surface area (Å²) in [6, 6.07) is 0. The minimum atomic E-state index is -0.463. The summed E-state index contributed by atoms with van der Waals surface area (Å²) < 4.78 is 0. The van der Waals surface area contributed by atoms with Crippen LogP contribution in [0.5, 0.6) is 0 Å². The van der Waals surface area contributed by atoms with Crippen LogP contribution in [0.2, 0.25) is 0 Å². The zero-order valence-electron chi connectivity index (χ0n) is 8.42. The molecule has 0 radical (unpaired) electrons.